The number of carbonyl (C=O) groups excluding carboxylic acids is 2. The molecule has 9 rings (SSSR count). The van der Waals surface area contributed by atoms with Crippen LogP contribution >= 0.6 is 0 Å². The minimum Gasteiger partial charge on any atom is -0.465 e. The lowest BCUT2D eigenvalue weighted by Crippen LogP contribution is -2.73. The normalized spacial score (nSPS) is 47.7. The summed E-state index contributed by atoms with van der Waals surface area (Å²) in [5.74, 6) is 4.26. The van der Waals surface area contributed by atoms with E-state index in [-0.39, 0.29) is 33.4 Å². The maximum Gasteiger partial charge on any atom is 0.164 e. The summed E-state index contributed by atoms with van der Waals surface area (Å²) in [6, 6.07) is 7.62. The fourth-order valence-corrected chi connectivity index (χ4v) is 13.9. The fraction of sp³-hybridized carbons (Fsp3) is 0.667. The van der Waals surface area contributed by atoms with Crippen molar-refractivity contribution in [2.24, 2.45) is 62.6 Å². The van der Waals surface area contributed by atoms with E-state index in [1.54, 1.807) is 18.6 Å². The summed E-state index contributed by atoms with van der Waals surface area (Å²) in [6.07, 6.45) is 17.8. The molecule has 2 bridgehead atoms. The first-order valence-corrected chi connectivity index (χ1v) is 18.4. The van der Waals surface area contributed by atoms with Crippen LogP contribution in [0.4, 0.5) is 0 Å². The molecule has 2 aliphatic heterocycles. The van der Waals surface area contributed by atoms with Gasteiger partial charge in [0, 0.05) is 5.41 Å². The highest BCUT2D eigenvalue weighted by Gasteiger charge is 2.74. The van der Waals surface area contributed by atoms with Gasteiger partial charge in [-0.1, -0.05) is 41.5 Å². The zero-order valence-corrected chi connectivity index (χ0v) is 29.6. The molecule has 5 nitrogen and oxygen atoms in total. The molecule has 0 amide bonds. The highest BCUT2D eigenvalue weighted by molar-refractivity contribution is 6.04. The molecule has 7 fully saturated rings. The second-order valence-electron chi connectivity index (χ2n) is 18.2. The van der Waals surface area contributed by atoms with E-state index < -0.39 is 11.0 Å². The highest BCUT2D eigenvalue weighted by Crippen LogP contribution is 2.78. The van der Waals surface area contributed by atoms with Crippen molar-refractivity contribution < 1.29 is 23.2 Å². The quantitative estimate of drug-likeness (QED) is 0.312. The van der Waals surface area contributed by atoms with Crippen LogP contribution in [0.15, 0.2) is 57.3 Å². The first kappa shape index (κ1) is 31.6. The molecule has 11 atom stereocenters. The summed E-state index contributed by atoms with van der Waals surface area (Å²) >= 11 is 0. The Kier molecular flexibility index (Phi) is 6.85. The molecule has 0 aromatic carbocycles. The Hall–Kier alpha value is -2.66. The van der Waals surface area contributed by atoms with Crippen molar-refractivity contribution in [3.63, 3.8) is 0 Å². The van der Waals surface area contributed by atoms with Crippen molar-refractivity contribution in [2.45, 2.75) is 105 Å². The maximum absolute atomic E-state index is 14.0. The van der Waals surface area contributed by atoms with Crippen molar-refractivity contribution in [3.8, 4) is 0 Å². The molecule has 1 spiro atoms. The van der Waals surface area contributed by atoms with E-state index in [2.05, 4.69) is 48.5 Å². The number of allylic oxidation sites excluding steroid dienone is 2. The van der Waals surface area contributed by atoms with Gasteiger partial charge in [0.15, 0.2) is 11.6 Å². The topological polar surface area (TPSA) is 69.7 Å². The van der Waals surface area contributed by atoms with Gasteiger partial charge in [-0.25, -0.2) is 0 Å². The summed E-state index contributed by atoms with van der Waals surface area (Å²) in [7, 11) is 0. The molecule has 5 heteroatoms. The predicted octanol–water partition coefficient (Wildman–Crippen LogP) is 9.83. The van der Waals surface area contributed by atoms with E-state index in [9.17, 15) is 9.59 Å². The van der Waals surface area contributed by atoms with Crippen molar-refractivity contribution >= 4 is 23.7 Å². The zero-order chi connectivity index (χ0) is 33.2. The molecule has 4 heterocycles. The zero-order valence-electron chi connectivity index (χ0n) is 29.6. The molecule has 0 radical (unpaired) electrons. The van der Waals surface area contributed by atoms with Crippen LogP contribution in [0.25, 0.3) is 12.2 Å². The van der Waals surface area contributed by atoms with Gasteiger partial charge in [0.1, 0.15) is 11.5 Å². The van der Waals surface area contributed by atoms with Gasteiger partial charge in [0.05, 0.1) is 30.7 Å². The van der Waals surface area contributed by atoms with Crippen LogP contribution in [0.3, 0.4) is 0 Å². The van der Waals surface area contributed by atoms with Crippen LogP contribution in [0.5, 0.6) is 0 Å². The van der Waals surface area contributed by atoms with Crippen molar-refractivity contribution in [1.82, 2.24) is 0 Å². The smallest absolute Gasteiger partial charge is 0.164 e. The van der Waals surface area contributed by atoms with Gasteiger partial charge < -0.3 is 13.6 Å². The average Bonchev–Trinajstić information content (AvgIpc) is 3.75. The molecule has 5 aliphatic carbocycles. The minimum atomic E-state index is -0.462. The molecule has 2 aromatic rings. The first-order chi connectivity index (χ1) is 22.2. The third kappa shape index (κ3) is 4.10. The molecule has 0 unspecified atom stereocenters. The van der Waals surface area contributed by atoms with Crippen LogP contribution < -0.4 is 0 Å². The van der Waals surface area contributed by atoms with Gasteiger partial charge in [-0.15, -0.1) is 0 Å². The van der Waals surface area contributed by atoms with Gasteiger partial charge in [-0.3, -0.25) is 9.59 Å². The number of ether oxygens (including phenoxy) is 1. The molecular formula is C42H54O5. The molecule has 5 saturated carbocycles. The Morgan fingerprint density at radius 3 is 2.30 bits per heavy atom. The van der Waals surface area contributed by atoms with Crippen molar-refractivity contribution in [1.29, 1.82) is 0 Å². The largest absolute Gasteiger partial charge is 0.465 e. The van der Waals surface area contributed by atoms with Gasteiger partial charge in [-0.05, 0) is 158 Å². The van der Waals surface area contributed by atoms with Gasteiger partial charge in [0.2, 0.25) is 0 Å². The number of fused-ring (bicyclic) bond motifs is 7. The molecule has 0 N–H and O–H groups in total. The van der Waals surface area contributed by atoms with Gasteiger partial charge >= 0.3 is 0 Å². The maximum atomic E-state index is 14.0. The summed E-state index contributed by atoms with van der Waals surface area (Å²) in [4.78, 5) is 27.8. The molecule has 252 valence electrons. The lowest BCUT2D eigenvalue weighted by molar-refractivity contribution is -0.316. The number of hydrogen-bond donors (Lipinski definition) is 0. The van der Waals surface area contributed by atoms with Crippen LogP contribution in [0, 0.1) is 62.6 Å². The van der Waals surface area contributed by atoms with Crippen LogP contribution in [0.2, 0.25) is 0 Å². The summed E-state index contributed by atoms with van der Waals surface area (Å²) in [6.45, 7) is 17.7. The number of ketones is 2. The predicted molar refractivity (Wildman–Crippen MR) is 183 cm³/mol. The third-order valence-electron chi connectivity index (χ3n) is 16.4. The van der Waals surface area contributed by atoms with E-state index in [1.807, 2.05) is 36.4 Å². The van der Waals surface area contributed by atoms with Crippen LogP contribution in [0.1, 0.15) is 111 Å². The molecular weight excluding hydrogens is 584 g/mol. The van der Waals surface area contributed by atoms with E-state index in [0.717, 1.165) is 43.6 Å². The Labute approximate surface area is 281 Å². The first-order valence-electron chi connectivity index (χ1n) is 18.4. The second kappa shape index (κ2) is 10.2. The lowest BCUT2D eigenvalue weighted by atomic mass is 9.30. The summed E-state index contributed by atoms with van der Waals surface area (Å²) in [5.41, 5.74) is 0.597. The van der Waals surface area contributed by atoms with E-state index in [1.165, 1.54) is 25.7 Å². The number of furan rings is 2. The lowest BCUT2D eigenvalue weighted by Gasteiger charge is -2.76. The number of carbonyl (C=O) groups is 2. The van der Waals surface area contributed by atoms with E-state index in [0.29, 0.717) is 41.1 Å². The van der Waals surface area contributed by atoms with Crippen molar-refractivity contribution in [2.75, 3.05) is 6.61 Å². The number of rotatable bonds is 4. The standard InChI is InChI=1S/C42H54O5/c1-26-35-30-13-15-34-38(4)23-27(22-29-11-9-21-46-29)36(44)37(2,3)33(38)16-17-40(34,6)39(30,5)18-19-42(35)24-31(41(26,7)47-25-42)32(43)14-12-28-10-8-20-45-28/h8-12,14,20-22,26,30-31,33-35H,13,15-19,23-25H2,1-7H3/b14-12-,27-22-/t26-,30+,31+,33-,34+,35-,38-,39+,40+,41-,42-/m0/s1. The molecule has 7 aliphatic rings. The number of Topliss-reactive ketones (excluding diaryl/α,β-unsaturated/α-hetero) is 1. The Morgan fingerprint density at radius 1 is 0.872 bits per heavy atom. The Morgan fingerprint density at radius 2 is 1.60 bits per heavy atom. The van der Waals surface area contributed by atoms with E-state index >= 15 is 0 Å². The van der Waals surface area contributed by atoms with Gasteiger partial charge in [-0.2, -0.15) is 0 Å². The fourth-order valence-electron chi connectivity index (χ4n) is 13.9. The summed E-state index contributed by atoms with van der Waals surface area (Å²) < 4.78 is 18.0. The number of hydrogen-bond acceptors (Lipinski definition) is 5. The van der Waals surface area contributed by atoms with Crippen molar-refractivity contribution in [3.05, 3.63) is 60.0 Å². The van der Waals surface area contributed by atoms with Crippen LogP contribution in [-0.4, -0.2) is 23.8 Å². The molecule has 47 heavy (non-hydrogen) atoms. The third-order valence-corrected chi connectivity index (χ3v) is 16.4. The Bertz CT molecular complexity index is 1630. The highest BCUT2D eigenvalue weighted by atomic mass is 16.5. The minimum absolute atomic E-state index is 0.0517. The molecule has 2 saturated heterocycles. The second-order valence-corrected chi connectivity index (χ2v) is 18.2. The summed E-state index contributed by atoms with van der Waals surface area (Å²) in [5, 5.41) is 0. The van der Waals surface area contributed by atoms with E-state index in [4.69, 9.17) is 13.6 Å². The monoisotopic (exact) mass is 638 g/mol. The Balaban J connectivity index is 1.12. The SMILES string of the molecule is C[C@H]1[C@H]2[C@H]3CC[C@@H]4[C@@]5(C)C/C(=C/c6ccco6)C(=O)C(C)(C)[C@@H]5CC[C@@]4(C)[C@]3(C)CC[C@]23CO[C@]1(C)[C@@H](C(=O)/C=C\c1ccco1)C3. The average molecular weight is 639 g/mol. The van der Waals surface area contributed by atoms with Gasteiger partial charge in [0.25, 0.3) is 0 Å². The molecule has 2 aromatic heterocycles. The van der Waals surface area contributed by atoms with Crippen LogP contribution in [-0.2, 0) is 14.3 Å².